The van der Waals surface area contributed by atoms with Crippen molar-refractivity contribution in [1.82, 2.24) is 0 Å². The maximum absolute atomic E-state index is 13.1. The van der Waals surface area contributed by atoms with E-state index in [1.165, 1.54) is 12.1 Å². The van der Waals surface area contributed by atoms with E-state index in [4.69, 9.17) is 40.2 Å². The molecule has 3 nitrogen and oxygen atoms in total. The van der Waals surface area contributed by atoms with Gasteiger partial charge in [-0.25, -0.2) is 0 Å². The number of alkyl halides is 3. The van der Waals surface area contributed by atoms with Crippen LogP contribution in [-0.4, -0.2) is 10.2 Å². The molecular formula is C24H14Cl2F3NO2S2. The van der Waals surface area contributed by atoms with Gasteiger partial charge in [-0.1, -0.05) is 77.5 Å². The number of rotatable bonds is 5. The Morgan fingerprint density at radius 2 is 1.79 bits per heavy atom. The van der Waals surface area contributed by atoms with Gasteiger partial charge in [0.1, 0.15) is 12.4 Å². The number of thiocarbonyl (C=S) groups is 1. The number of amides is 1. The predicted molar refractivity (Wildman–Crippen MR) is 134 cm³/mol. The second kappa shape index (κ2) is 10.00. The molecular weight excluding hydrogens is 526 g/mol. The molecule has 1 fully saturated rings. The van der Waals surface area contributed by atoms with Crippen molar-refractivity contribution in [2.75, 3.05) is 4.90 Å². The summed E-state index contributed by atoms with van der Waals surface area (Å²) < 4.78 is 45.4. The quantitative estimate of drug-likeness (QED) is 0.242. The second-order valence-electron chi connectivity index (χ2n) is 7.13. The van der Waals surface area contributed by atoms with Gasteiger partial charge in [0.25, 0.3) is 5.91 Å². The van der Waals surface area contributed by atoms with E-state index in [1.807, 2.05) is 0 Å². The zero-order valence-electron chi connectivity index (χ0n) is 17.1. The third-order valence-electron chi connectivity index (χ3n) is 4.83. The highest BCUT2D eigenvalue weighted by Crippen LogP contribution is 2.39. The van der Waals surface area contributed by atoms with Crippen LogP contribution < -0.4 is 9.64 Å². The van der Waals surface area contributed by atoms with E-state index in [9.17, 15) is 18.0 Å². The number of ether oxygens (including phenoxy) is 1. The van der Waals surface area contributed by atoms with Crippen LogP contribution in [0, 0.1) is 0 Å². The Labute approximate surface area is 213 Å². The Bertz CT molecular complexity index is 1310. The molecule has 1 aliphatic heterocycles. The molecule has 1 heterocycles. The first kappa shape index (κ1) is 24.6. The van der Waals surface area contributed by atoms with Crippen molar-refractivity contribution in [3.05, 3.63) is 98.4 Å². The minimum atomic E-state index is -4.53. The van der Waals surface area contributed by atoms with Crippen LogP contribution in [0.4, 0.5) is 18.9 Å². The second-order valence-corrected chi connectivity index (χ2v) is 9.65. The molecule has 1 saturated heterocycles. The molecule has 10 heteroatoms. The molecule has 0 saturated carbocycles. The molecule has 3 aromatic carbocycles. The molecule has 4 rings (SSSR count). The van der Waals surface area contributed by atoms with Crippen molar-refractivity contribution in [3.63, 3.8) is 0 Å². The normalized spacial score (nSPS) is 15.3. The van der Waals surface area contributed by atoms with Crippen molar-refractivity contribution in [2.45, 2.75) is 12.8 Å². The third-order valence-corrected chi connectivity index (χ3v) is 6.72. The topological polar surface area (TPSA) is 29.5 Å². The highest BCUT2D eigenvalue weighted by atomic mass is 35.5. The fourth-order valence-corrected chi connectivity index (χ4v) is 4.93. The molecule has 1 amide bonds. The molecule has 0 unspecified atom stereocenters. The predicted octanol–water partition coefficient (Wildman–Crippen LogP) is 8.00. The summed E-state index contributed by atoms with van der Waals surface area (Å²) in [6.07, 6.45) is -2.93. The summed E-state index contributed by atoms with van der Waals surface area (Å²) in [5.74, 6) is -0.0114. The van der Waals surface area contributed by atoms with Gasteiger partial charge in [-0.05, 0) is 42.5 Å². The van der Waals surface area contributed by atoms with Crippen molar-refractivity contribution < 1.29 is 22.7 Å². The van der Waals surface area contributed by atoms with E-state index in [0.29, 0.717) is 21.4 Å². The lowest BCUT2D eigenvalue weighted by molar-refractivity contribution is -0.137. The first-order chi connectivity index (χ1) is 16.1. The largest absolute Gasteiger partial charge is 0.488 e. The van der Waals surface area contributed by atoms with Crippen LogP contribution in [0.3, 0.4) is 0 Å². The Morgan fingerprint density at radius 1 is 1.03 bits per heavy atom. The lowest BCUT2D eigenvalue weighted by atomic mass is 10.1. The van der Waals surface area contributed by atoms with E-state index >= 15 is 0 Å². The van der Waals surface area contributed by atoms with Gasteiger partial charge in [0.05, 0.1) is 16.2 Å². The van der Waals surface area contributed by atoms with Gasteiger partial charge in [0, 0.05) is 21.2 Å². The summed E-state index contributed by atoms with van der Waals surface area (Å²) >= 11 is 18.4. The first-order valence-electron chi connectivity index (χ1n) is 9.74. The lowest BCUT2D eigenvalue weighted by Gasteiger charge is -2.16. The zero-order valence-corrected chi connectivity index (χ0v) is 20.3. The molecule has 0 bridgehead atoms. The molecule has 0 aliphatic carbocycles. The highest BCUT2D eigenvalue weighted by molar-refractivity contribution is 8.27. The van der Waals surface area contributed by atoms with E-state index in [0.717, 1.165) is 34.4 Å². The minimum Gasteiger partial charge on any atom is -0.488 e. The molecule has 0 radical (unpaired) electrons. The number of carbonyl (C=O) groups is 1. The van der Waals surface area contributed by atoms with Crippen molar-refractivity contribution in [3.8, 4) is 5.75 Å². The van der Waals surface area contributed by atoms with E-state index in [-0.39, 0.29) is 21.5 Å². The summed E-state index contributed by atoms with van der Waals surface area (Å²) in [6.45, 7) is 0.173. The molecule has 34 heavy (non-hydrogen) atoms. The molecule has 174 valence electrons. The highest BCUT2D eigenvalue weighted by Gasteiger charge is 2.36. The Hall–Kier alpha value is -2.52. The summed E-state index contributed by atoms with van der Waals surface area (Å²) in [5.41, 5.74) is 0.541. The minimum absolute atomic E-state index is 0.0580. The molecule has 1 aliphatic rings. The number of halogens is 5. The summed E-state index contributed by atoms with van der Waals surface area (Å²) in [4.78, 5) is 14.4. The summed E-state index contributed by atoms with van der Waals surface area (Å²) in [5, 5.41) is 0.976. The van der Waals surface area contributed by atoms with Gasteiger partial charge in [0.2, 0.25) is 0 Å². The number of anilines is 1. The van der Waals surface area contributed by atoms with E-state index < -0.39 is 17.6 Å². The van der Waals surface area contributed by atoms with E-state index in [1.54, 1.807) is 48.5 Å². The van der Waals surface area contributed by atoms with E-state index in [2.05, 4.69) is 0 Å². The van der Waals surface area contributed by atoms with Crippen LogP contribution in [0.2, 0.25) is 10.0 Å². The van der Waals surface area contributed by atoms with Crippen molar-refractivity contribution in [2.24, 2.45) is 0 Å². The maximum atomic E-state index is 13.1. The number of para-hydroxylation sites is 1. The van der Waals surface area contributed by atoms with Gasteiger partial charge < -0.3 is 4.74 Å². The van der Waals surface area contributed by atoms with Crippen LogP contribution in [0.1, 0.15) is 16.7 Å². The van der Waals surface area contributed by atoms with Crippen LogP contribution >= 0.6 is 47.2 Å². The summed E-state index contributed by atoms with van der Waals surface area (Å²) in [6, 6.07) is 16.6. The molecule has 0 atom stereocenters. The number of nitrogens with zero attached hydrogens (tertiary/aromatic N) is 1. The van der Waals surface area contributed by atoms with Crippen LogP contribution in [0.15, 0.2) is 71.6 Å². The first-order valence-corrected chi connectivity index (χ1v) is 11.7. The summed E-state index contributed by atoms with van der Waals surface area (Å²) in [7, 11) is 0. The monoisotopic (exact) mass is 539 g/mol. The molecule has 0 N–H and O–H groups in total. The smallest absolute Gasteiger partial charge is 0.416 e. The SMILES string of the molecule is O=C1/C(=C\c2ccccc2OCc2ccc(Cl)cc2Cl)SC(=S)N1c1cccc(C(F)(F)F)c1. The number of hydrogen-bond donors (Lipinski definition) is 0. The van der Waals surface area contributed by atoms with Gasteiger partial charge in [-0.2, -0.15) is 13.2 Å². The van der Waals surface area contributed by atoms with Crippen LogP contribution in [-0.2, 0) is 17.6 Å². The Morgan fingerprint density at radius 3 is 2.53 bits per heavy atom. The number of hydrogen-bond acceptors (Lipinski definition) is 4. The van der Waals surface area contributed by atoms with Gasteiger partial charge in [-0.15, -0.1) is 0 Å². The fraction of sp³-hybridized carbons (Fsp3) is 0.0833. The average Bonchev–Trinajstić information content (AvgIpc) is 3.06. The average molecular weight is 540 g/mol. The van der Waals surface area contributed by atoms with Crippen molar-refractivity contribution in [1.29, 1.82) is 0 Å². The standard InChI is InChI=1S/C24H14Cl2F3NO2S2/c25-17-9-8-15(19(26)12-17)13-32-20-7-2-1-4-14(20)10-21-22(31)30(23(33)34-21)18-6-3-5-16(11-18)24(27,28)29/h1-12H,13H2/b21-10+. The van der Waals surface area contributed by atoms with Crippen LogP contribution in [0.25, 0.3) is 6.08 Å². The number of thioether (sulfide) groups is 1. The van der Waals surface area contributed by atoms with Gasteiger partial charge in [0.15, 0.2) is 4.32 Å². The maximum Gasteiger partial charge on any atom is 0.416 e. The van der Waals surface area contributed by atoms with Crippen LogP contribution in [0.5, 0.6) is 5.75 Å². The molecule has 3 aromatic rings. The lowest BCUT2D eigenvalue weighted by Crippen LogP contribution is -2.27. The Balaban J connectivity index is 1.58. The van der Waals surface area contributed by atoms with Gasteiger partial charge >= 0.3 is 6.18 Å². The van der Waals surface area contributed by atoms with Crippen molar-refractivity contribution >= 4 is 69.2 Å². The fourth-order valence-electron chi connectivity index (χ4n) is 3.18. The molecule has 0 spiro atoms. The third kappa shape index (κ3) is 5.41. The number of benzene rings is 3. The Kier molecular flexibility index (Phi) is 7.23. The van der Waals surface area contributed by atoms with Gasteiger partial charge in [-0.3, -0.25) is 9.69 Å². The number of carbonyl (C=O) groups excluding carboxylic acids is 1. The molecule has 0 aromatic heterocycles. The zero-order chi connectivity index (χ0) is 24.5.